The van der Waals surface area contributed by atoms with Crippen LogP contribution in [0.4, 0.5) is 0 Å². The molecule has 0 saturated heterocycles. The molecule has 0 bridgehead atoms. The Balaban J connectivity index is 1.44. The van der Waals surface area contributed by atoms with E-state index in [-0.39, 0.29) is 0 Å². The Labute approximate surface area is 297 Å². The van der Waals surface area contributed by atoms with Crippen LogP contribution in [0.2, 0.25) is 0 Å². The second kappa shape index (κ2) is 10.8. The maximum absolute atomic E-state index is 5.46. The van der Waals surface area contributed by atoms with Crippen LogP contribution in [-0.4, -0.2) is 14.5 Å². The first kappa shape index (κ1) is 28.5. The topological polar surface area (TPSA) is 30.7 Å². The first-order valence-electron chi connectivity index (χ1n) is 17.3. The van der Waals surface area contributed by atoms with Crippen molar-refractivity contribution in [3.05, 3.63) is 163 Å². The first-order valence-corrected chi connectivity index (χ1v) is 18.2. The Morgan fingerprint density at radius 3 is 1.71 bits per heavy atom. The van der Waals surface area contributed by atoms with Crippen molar-refractivity contribution in [1.29, 1.82) is 0 Å². The van der Waals surface area contributed by atoms with Crippen LogP contribution in [0.1, 0.15) is 5.56 Å². The molecule has 0 amide bonds. The maximum atomic E-state index is 5.46. The van der Waals surface area contributed by atoms with Gasteiger partial charge in [-0.2, -0.15) is 0 Å². The molecule has 238 valence electrons. The van der Waals surface area contributed by atoms with Gasteiger partial charge in [-0.05, 0) is 40.6 Å². The number of aryl methyl sites for hydroxylation is 1. The van der Waals surface area contributed by atoms with E-state index < -0.39 is 0 Å². The number of aromatic nitrogens is 3. The minimum Gasteiger partial charge on any atom is -0.292 e. The Hall–Kier alpha value is -6.36. The summed E-state index contributed by atoms with van der Waals surface area (Å²) < 4.78 is 5.07. The molecule has 0 aliphatic carbocycles. The van der Waals surface area contributed by atoms with Gasteiger partial charge < -0.3 is 0 Å². The third-order valence-electron chi connectivity index (χ3n) is 10.4. The molecule has 3 aromatic heterocycles. The molecule has 0 saturated carbocycles. The van der Waals surface area contributed by atoms with Crippen LogP contribution in [0.3, 0.4) is 0 Å². The summed E-state index contributed by atoms with van der Waals surface area (Å²) in [5, 5.41) is 12.6. The van der Waals surface area contributed by atoms with Crippen LogP contribution < -0.4 is 0 Å². The van der Waals surface area contributed by atoms with Crippen molar-refractivity contribution >= 4 is 85.6 Å². The molecule has 0 radical (unpaired) electrons. The Morgan fingerprint density at radius 2 is 1.00 bits per heavy atom. The number of rotatable bonds is 3. The predicted molar refractivity (Wildman–Crippen MR) is 217 cm³/mol. The summed E-state index contributed by atoms with van der Waals surface area (Å²) in [6.45, 7) is 2.19. The monoisotopic (exact) mass is 667 g/mol. The second-order valence-corrected chi connectivity index (χ2v) is 14.4. The van der Waals surface area contributed by atoms with Crippen LogP contribution in [0.15, 0.2) is 158 Å². The molecule has 8 aromatic carbocycles. The summed E-state index contributed by atoms with van der Waals surface area (Å²) in [5.74, 6) is 1.55. The van der Waals surface area contributed by atoms with Gasteiger partial charge in [0.2, 0.25) is 0 Å². The Kier molecular flexibility index (Phi) is 6.04. The quantitative estimate of drug-likeness (QED) is 0.176. The maximum Gasteiger partial charge on any atom is 0.162 e. The van der Waals surface area contributed by atoms with Crippen molar-refractivity contribution in [1.82, 2.24) is 14.5 Å². The minimum atomic E-state index is 0.703. The van der Waals surface area contributed by atoms with Gasteiger partial charge in [-0.15, -0.1) is 11.3 Å². The standard InChI is InChI=1S/C47H29N3S/c1-28-24-25-39-37(26-28)41-34-21-11-13-23-36(34)45-43(46(41)51-39)42-33-20-10-8-18-31(33)32-19-9-12-22-35(32)44(42)50(45)40-27-38(29-14-4-2-5-15-29)48-47(49-40)30-16-6-3-7-17-30/h2-27H,1H3. The lowest BCUT2D eigenvalue weighted by molar-refractivity contribution is 1.05. The van der Waals surface area contributed by atoms with Crippen molar-refractivity contribution in [2.45, 2.75) is 6.92 Å². The highest BCUT2D eigenvalue weighted by atomic mass is 32.1. The number of fused-ring (bicyclic) bond motifs is 15. The minimum absolute atomic E-state index is 0.703. The predicted octanol–water partition coefficient (Wildman–Crippen LogP) is 13.0. The first-order chi connectivity index (χ1) is 25.2. The fourth-order valence-corrected chi connectivity index (χ4v) is 9.49. The zero-order chi connectivity index (χ0) is 33.6. The largest absolute Gasteiger partial charge is 0.292 e. The molecular weight excluding hydrogens is 639 g/mol. The van der Waals surface area contributed by atoms with E-state index in [0.29, 0.717) is 5.82 Å². The number of benzene rings is 8. The fourth-order valence-electron chi connectivity index (χ4n) is 8.24. The highest BCUT2D eigenvalue weighted by Gasteiger charge is 2.26. The average Bonchev–Trinajstić information content (AvgIpc) is 3.76. The van der Waals surface area contributed by atoms with Crippen molar-refractivity contribution in [2.24, 2.45) is 0 Å². The number of hydrogen-bond acceptors (Lipinski definition) is 3. The van der Waals surface area contributed by atoms with E-state index in [0.717, 1.165) is 22.6 Å². The van der Waals surface area contributed by atoms with Crippen LogP contribution in [0.25, 0.3) is 103 Å². The highest BCUT2D eigenvalue weighted by molar-refractivity contribution is 7.27. The molecule has 11 rings (SSSR count). The van der Waals surface area contributed by atoms with Crippen molar-refractivity contribution in [2.75, 3.05) is 0 Å². The summed E-state index contributed by atoms with van der Waals surface area (Å²) in [7, 11) is 0. The van der Waals surface area contributed by atoms with Gasteiger partial charge in [0.25, 0.3) is 0 Å². The molecule has 3 nitrogen and oxygen atoms in total. The number of thiophene rings is 1. The summed E-state index contributed by atoms with van der Waals surface area (Å²) in [6, 6.07) is 56.6. The van der Waals surface area contributed by atoms with Crippen LogP contribution >= 0.6 is 11.3 Å². The van der Waals surface area contributed by atoms with Gasteiger partial charge in [0.05, 0.1) is 16.7 Å². The molecular formula is C47H29N3S. The zero-order valence-corrected chi connectivity index (χ0v) is 28.6. The van der Waals surface area contributed by atoms with Crippen molar-refractivity contribution in [3.8, 4) is 28.5 Å². The van der Waals surface area contributed by atoms with Gasteiger partial charge in [0.1, 0.15) is 5.82 Å². The molecule has 11 aromatic rings. The SMILES string of the molecule is Cc1ccc2sc3c(c2c1)c1ccccc1c1c3c2c3ccccc3c3ccccc3c2n1-c1cc(-c2ccccc2)nc(-c2ccccc2)n1. The molecule has 3 heterocycles. The molecule has 0 N–H and O–H groups in total. The summed E-state index contributed by atoms with van der Waals surface area (Å²) in [5.41, 5.74) is 6.55. The number of nitrogens with zero attached hydrogens (tertiary/aromatic N) is 3. The van der Waals surface area contributed by atoms with Crippen LogP contribution in [-0.2, 0) is 0 Å². The zero-order valence-electron chi connectivity index (χ0n) is 27.8. The van der Waals surface area contributed by atoms with E-state index in [9.17, 15) is 0 Å². The Bertz CT molecular complexity index is 3130. The summed E-state index contributed by atoms with van der Waals surface area (Å²) in [6.07, 6.45) is 0. The normalized spacial score (nSPS) is 12.0. The van der Waals surface area contributed by atoms with E-state index in [1.807, 2.05) is 17.4 Å². The van der Waals surface area contributed by atoms with Crippen molar-refractivity contribution in [3.63, 3.8) is 0 Å². The lowest BCUT2D eigenvalue weighted by atomic mass is 9.95. The van der Waals surface area contributed by atoms with E-state index in [4.69, 9.17) is 9.97 Å². The van der Waals surface area contributed by atoms with Crippen LogP contribution in [0, 0.1) is 6.92 Å². The third kappa shape index (κ3) is 4.11. The van der Waals surface area contributed by atoms with Gasteiger partial charge in [0.15, 0.2) is 5.82 Å². The van der Waals surface area contributed by atoms with Gasteiger partial charge in [0, 0.05) is 58.9 Å². The van der Waals surface area contributed by atoms with Crippen LogP contribution in [0.5, 0.6) is 0 Å². The summed E-state index contributed by atoms with van der Waals surface area (Å²) >= 11 is 1.91. The molecule has 0 fully saturated rings. The van der Waals surface area contributed by atoms with Gasteiger partial charge >= 0.3 is 0 Å². The van der Waals surface area contributed by atoms with Gasteiger partial charge in [-0.1, -0.05) is 145 Å². The highest BCUT2D eigenvalue weighted by Crippen LogP contribution is 2.51. The van der Waals surface area contributed by atoms with Gasteiger partial charge in [-0.3, -0.25) is 4.57 Å². The summed E-state index contributed by atoms with van der Waals surface area (Å²) in [4.78, 5) is 10.6. The lowest BCUT2D eigenvalue weighted by Crippen LogP contribution is -2.03. The average molecular weight is 668 g/mol. The van der Waals surface area contributed by atoms with E-state index in [2.05, 4.69) is 163 Å². The molecule has 51 heavy (non-hydrogen) atoms. The van der Waals surface area contributed by atoms with Crippen molar-refractivity contribution < 1.29 is 0 Å². The Morgan fingerprint density at radius 1 is 0.451 bits per heavy atom. The molecule has 4 heteroatoms. The van der Waals surface area contributed by atoms with Gasteiger partial charge in [-0.25, -0.2) is 9.97 Å². The smallest absolute Gasteiger partial charge is 0.162 e. The van der Waals surface area contributed by atoms with E-state index >= 15 is 0 Å². The third-order valence-corrected chi connectivity index (χ3v) is 11.6. The molecule has 0 atom stereocenters. The molecule has 0 aliphatic rings. The van der Waals surface area contributed by atoms with E-state index in [1.54, 1.807) is 0 Å². The molecule has 0 aliphatic heterocycles. The van der Waals surface area contributed by atoms with E-state index in [1.165, 1.54) is 79.9 Å². The fraction of sp³-hybridized carbons (Fsp3) is 0.0213. The molecule has 0 spiro atoms. The molecule has 0 unspecified atom stereocenters. The second-order valence-electron chi connectivity index (χ2n) is 13.4. The lowest BCUT2D eigenvalue weighted by Gasteiger charge is -2.15. The number of hydrogen-bond donors (Lipinski definition) is 0.